The number of nitrogens with two attached hydrogens (primary N) is 1. The smallest absolute Gasteiger partial charge is 0.250 e. The van der Waals surface area contributed by atoms with Gasteiger partial charge in [-0.15, -0.1) is 5.10 Å². The molecule has 1 aromatic carbocycles. The van der Waals surface area contributed by atoms with E-state index in [4.69, 9.17) is 5.73 Å². The lowest BCUT2D eigenvalue weighted by atomic mass is 10.2. The summed E-state index contributed by atoms with van der Waals surface area (Å²) >= 11 is 0. The van der Waals surface area contributed by atoms with Crippen LogP contribution in [0.4, 0.5) is 4.39 Å². The third-order valence-electron chi connectivity index (χ3n) is 4.04. The lowest BCUT2D eigenvalue weighted by Gasteiger charge is -2.06. The van der Waals surface area contributed by atoms with Gasteiger partial charge in [-0.1, -0.05) is 17.3 Å². The van der Waals surface area contributed by atoms with Crippen molar-refractivity contribution in [2.75, 3.05) is 0 Å². The molecule has 0 radical (unpaired) electrons. The quantitative estimate of drug-likeness (QED) is 0.598. The summed E-state index contributed by atoms with van der Waals surface area (Å²) in [5.74, 6) is -0.399. The van der Waals surface area contributed by atoms with Crippen molar-refractivity contribution in [3.8, 4) is 22.9 Å². The van der Waals surface area contributed by atoms with Crippen LogP contribution < -0.4 is 5.73 Å². The summed E-state index contributed by atoms with van der Waals surface area (Å²) < 4.78 is 17.3. The SMILES string of the molecule is Cc1nnn(-c2ccccc2F)c1-c1cn(-c2ccc(C(N)=O)cn2)cn1. The topological polar surface area (TPSA) is 105 Å². The Kier molecular flexibility index (Phi) is 3.96. The molecule has 3 heterocycles. The number of pyridine rings is 1. The first kappa shape index (κ1) is 16.6. The van der Waals surface area contributed by atoms with Gasteiger partial charge in [0.05, 0.1) is 11.3 Å². The van der Waals surface area contributed by atoms with Crippen molar-refractivity contribution in [1.82, 2.24) is 29.5 Å². The number of carbonyl (C=O) groups excluding carboxylic acids is 1. The highest BCUT2D eigenvalue weighted by Gasteiger charge is 2.18. The lowest BCUT2D eigenvalue weighted by Crippen LogP contribution is -2.11. The Morgan fingerprint density at radius 1 is 1.15 bits per heavy atom. The fourth-order valence-corrected chi connectivity index (χ4v) is 2.70. The van der Waals surface area contributed by atoms with Crippen LogP contribution in [0.25, 0.3) is 22.9 Å². The molecule has 0 aliphatic carbocycles. The van der Waals surface area contributed by atoms with E-state index in [1.165, 1.54) is 16.9 Å². The Bertz CT molecular complexity index is 1130. The average molecular weight is 363 g/mol. The van der Waals surface area contributed by atoms with E-state index in [-0.39, 0.29) is 5.69 Å². The van der Waals surface area contributed by atoms with E-state index in [2.05, 4.69) is 20.3 Å². The minimum absolute atomic E-state index is 0.284. The normalized spacial score (nSPS) is 10.9. The van der Waals surface area contributed by atoms with Crippen molar-refractivity contribution in [3.05, 3.63) is 72.2 Å². The Morgan fingerprint density at radius 3 is 2.67 bits per heavy atom. The minimum Gasteiger partial charge on any atom is -0.366 e. The number of hydrogen-bond donors (Lipinski definition) is 1. The van der Waals surface area contributed by atoms with Gasteiger partial charge in [0.1, 0.15) is 35.0 Å². The van der Waals surface area contributed by atoms with E-state index >= 15 is 0 Å². The molecule has 0 bridgehead atoms. The number of hydrogen-bond acceptors (Lipinski definition) is 5. The number of aromatic nitrogens is 6. The van der Waals surface area contributed by atoms with Gasteiger partial charge in [0, 0.05) is 12.4 Å². The summed E-state index contributed by atoms with van der Waals surface area (Å²) in [5, 5.41) is 8.10. The maximum atomic E-state index is 14.2. The van der Waals surface area contributed by atoms with Crippen LogP contribution in [0.15, 0.2) is 55.1 Å². The first-order valence-corrected chi connectivity index (χ1v) is 8.02. The summed E-state index contributed by atoms with van der Waals surface area (Å²) in [4.78, 5) is 19.7. The van der Waals surface area contributed by atoms with Crippen LogP contribution in [-0.4, -0.2) is 35.4 Å². The molecule has 134 valence electrons. The predicted molar refractivity (Wildman–Crippen MR) is 94.9 cm³/mol. The molecule has 3 aromatic heterocycles. The number of rotatable bonds is 4. The highest BCUT2D eigenvalue weighted by Crippen LogP contribution is 2.25. The Labute approximate surface area is 153 Å². The molecule has 0 saturated carbocycles. The van der Waals surface area contributed by atoms with Crippen LogP contribution in [0.5, 0.6) is 0 Å². The zero-order chi connectivity index (χ0) is 19.0. The molecule has 0 fully saturated rings. The van der Waals surface area contributed by atoms with Gasteiger partial charge in [-0.05, 0) is 31.2 Å². The van der Waals surface area contributed by atoms with Crippen molar-refractivity contribution in [3.63, 3.8) is 0 Å². The molecule has 1 amide bonds. The number of imidazole rings is 1. The predicted octanol–water partition coefficient (Wildman–Crippen LogP) is 2.06. The average Bonchev–Trinajstić information content (AvgIpc) is 3.29. The van der Waals surface area contributed by atoms with E-state index in [0.717, 1.165) is 0 Å². The first-order chi connectivity index (χ1) is 13.0. The number of primary amides is 1. The van der Waals surface area contributed by atoms with Gasteiger partial charge in [0.25, 0.3) is 0 Å². The van der Waals surface area contributed by atoms with Crippen molar-refractivity contribution in [2.45, 2.75) is 6.92 Å². The molecule has 0 atom stereocenters. The molecule has 0 aliphatic rings. The fraction of sp³-hybridized carbons (Fsp3) is 0.0556. The van der Waals surface area contributed by atoms with Gasteiger partial charge in [-0.25, -0.2) is 19.0 Å². The summed E-state index contributed by atoms with van der Waals surface area (Å²) in [7, 11) is 0. The number of para-hydroxylation sites is 1. The molecule has 2 N–H and O–H groups in total. The molecule has 4 aromatic rings. The minimum atomic E-state index is -0.546. The number of benzene rings is 1. The molecule has 0 spiro atoms. The molecular formula is C18H14FN7O. The third kappa shape index (κ3) is 2.95. The largest absolute Gasteiger partial charge is 0.366 e. The van der Waals surface area contributed by atoms with E-state index in [1.54, 1.807) is 54.3 Å². The third-order valence-corrected chi connectivity index (χ3v) is 4.04. The number of nitrogens with zero attached hydrogens (tertiary/aromatic N) is 6. The summed E-state index contributed by atoms with van der Waals surface area (Å²) in [6, 6.07) is 9.55. The van der Waals surface area contributed by atoms with Crippen LogP contribution in [0.1, 0.15) is 16.1 Å². The van der Waals surface area contributed by atoms with Gasteiger partial charge in [-0.3, -0.25) is 9.36 Å². The van der Waals surface area contributed by atoms with Crippen LogP contribution in [0, 0.1) is 12.7 Å². The number of halogens is 1. The molecule has 0 unspecified atom stereocenters. The van der Waals surface area contributed by atoms with Crippen LogP contribution in [-0.2, 0) is 0 Å². The highest BCUT2D eigenvalue weighted by molar-refractivity contribution is 5.92. The van der Waals surface area contributed by atoms with Crippen LogP contribution in [0.2, 0.25) is 0 Å². The van der Waals surface area contributed by atoms with Gasteiger partial charge in [-0.2, -0.15) is 0 Å². The Hall–Kier alpha value is -3.88. The summed E-state index contributed by atoms with van der Waals surface area (Å²) in [6.45, 7) is 1.78. The Balaban J connectivity index is 1.75. The maximum Gasteiger partial charge on any atom is 0.250 e. The molecule has 4 rings (SSSR count). The van der Waals surface area contributed by atoms with E-state index in [0.29, 0.717) is 28.5 Å². The molecule has 0 saturated heterocycles. The van der Waals surface area contributed by atoms with Gasteiger partial charge in [0.15, 0.2) is 0 Å². The van der Waals surface area contributed by atoms with E-state index in [1.807, 2.05) is 0 Å². The van der Waals surface area contributed by atoms with Crippen molar-refractivity contribution >= 4 is 5.91 Å². The van der Waals surface area contributed by atoms with Crippen LogP contribution in [0.3, 0.4) is 0 Å². The zero-order valence-electron chi connectivity index (χ0n) is 14.2. The molecule has 8 nitrogen and oxygen atoms in total. The van der Waals surface area contributed by atoms with Gasteiger partial charge >= 0.3 is 0 Å². The van der Waals surface area contributed by atoms with Gasteiger partial charge in [0.2, 0.25) is 5.91 Å². The number of carbonyl (C=O) groups is 1. The second-order valence-corrected chi connectivity index (χ2v) is 5.82. The monoisotopic (exact) mass is 363 g/mol. The van der Waals surface area contributed by atoms with Crippen molar-refractivity contribution in [1.29, 1.82) is 0 Å². The van der Waals surface area contributed by atoms with E-state index < -0.39 is 11.7 Å². The van der Waals surface area contributed by atoms with Gasteiger partial charge < -0.3 is 5.73 Å². The van der Waals surface area contributed by atoms with E-state index in [9.17, 15) is 9.18 Å². The first-order valence-electron chi connectivity index (χ1n) is 8.02. The number of amides is 1. The standard InChI is InChI=1S/C18H14FN7O/c1-11-17(26(24-23-11)15-5-3-2-4-13(15)19)14-9-25(10-22-14)16-7-6-12(8-21-16)18(20)27/h2-10H,1H3,(H2,20,27). The second-order valence-electron chi connectivity index (χ2n) is 5.82. The molecule has 27 heavy (non-hydrogen) atoms. The number of aryl methyl sites for hydroxylation is 1. The zero-order valence-corrected chi connectivity index (χ0v) is 14.2. The molecule has 9 heteroatoms. The fourth-order valence-electron chi connectivity index (χ4n) is 2.70. The molecule has 0 aliphatic heterocycles. The Morgan fingerprint density at radius 2 is 1.96 bits per heavy atom. The summed E-state index contributed by atoms with van der Waals surface area (Å²) in [6.07, 6.45) is 4.70. The van der Waals surface area contributed by atoms with Crippen molar-refractivity contribution in [2.24, 2.45) is 5.73 Å². The molecular weight excluding hydrogens is 349 g/mol. The highest BCUT2D eigenvalue weighted by atomic mass is 19.1. The summed E-state index contributed by atoms with van der Waals surface area (Å²) in [5.41, 5.74) is 7.57. The lowest BCUT2D eigenvalue weighted by molar-refractivity contribution is 0.1000. The second kappa shape index (κ2) is 6.45. The maximum absolute atomic E-state index is 14.2. The van der Waals surface area contributed by atoms with Crippen LogP contribution >= 0.6 is 0 Å². The van der Waals surface area contributed by atoms with Crippen molar-refractivity contribution < 1.29 is 9.18 Å².